The first-order valence-corrected chi connectivity index (χ1v) is 13.3. The van der Waals surface area contributed by atoms with Gasteiger partial charge in [0.15, 0.2) is 5.78 Å². The largest absolute Gasteiger partial charge is 0.368 e. The molecule has 9 heteroatoms. The number of halogens is 1. The Hall–Kier alpha value is -2.94. The standard InChI is InChI=1S/C27H26ClN3O4S/c28-21-10-3-6-17(14-23-22(32)15-24(33)36-23)25(21)30-12-4-7-18(16-30)29-11-5-13-31-26(34)19-8-1-2-9-20(19)27(31)35/h1-3,6,8-10,14,18,29H,4-5,7,11-13,15-16H2/b23-14-/t18-/m1/s1. The van der Waals surface area contributed by atoms with Gasteiger partial charge in [-0.2, -0.15) is 0 Å². The number of rotatable bonds is 7. The van der Waals surface area contributed by atoms with Crippen LogP contribution in [0.5, 0.6) is 0 Å². The van der Waals surface area contributed by atoms with E-state index in [0.29, 0.717) is 40.6 Å². The van der Waals surface area contributed by atoms with Crippen LogP contribution in [-0.4, -0.2) is 59.8 Å². The molecule has 3 heterocycles. The van der Waals surface area contributed by atoms with Crippen molar-refractivity contribution in [3.8, 4) is 0 Å². The smallest absolute Gasteiger partial charge is 0.261 e. The lowest BCUT2D eigenvalue weighted by Crippen LogP contribution is -2.46. The van der Waals surface area contributed by atoms with Crippen LogP contribution in [0.15, 0.2) is 47.4 Å². The van der Waals surface area contributed by atoms with Crippen LogP contribution in [0.1, 0.15) is 52.0 Å². The van der Waals surface area contributed by atoms with Crippen LogP contribution in [-0.2, 0) is 9.59 Å². The number of fused-ring (bicyclic) bond motifs is 1. The van der Waals surface area contributed by atoms with Gasteiger partial charge in [0.2, 0.25) is 5.12 Å². The predicted octanol–water partition coefficient (Wildman–Crippen LogP) is 4.16. The number of piperidine rings is 1. The SMILES string of the molecule is O=C1CC(=O)/C(=C/c2cccc(Cl)c2N2CCC[C@@H](NCCCN3C(=O)c4ccccc4C3=O)C2)S1. The lowest BCUT2D eigenvalue weighted by molar-refractivity contribution is -0.119. The number of benzene rings is 2. The third-order valence-corrected chi connectivity index (χ3v) is 7.96. The number of allylic oxidation sites excluding steroid dienone is 1. The fourth-order valence-corrected chi connectivity index (χ4v) is 6.12. The molecule has 1 atom stereocenters. The van der Waals surface area contributed by atoms with Crippen molar-refractivity contribution >= 4 is 57.8 Å². The second-order valence-corrected chi connectivity index (χ2v) is 10.7. The zero-order valence-electron chi connectivity index (χ0n) is 19.7. The Kier molecular flexibility index (Phi) is 7.27. The van der Waals surface area contributed by atoms with Gasteiger partial charge in [0.25, 0.3) is 11.8 Å². The Morgan fingerprint density at radius 2 is 1.78 bits per heavy atom. The van der Waals surface area contributed by atoms with Crippen LogP contribution in [0.3, 0.4) is 0 Å². The number of ketones is 1. The van der Waals surface area contributed by atoms with Crippen LogP contribution < -0.4 is 10.2 Å². The summed E-state index contributed by atoms with van der Waals surface area (Å²) >= 11 is 7.60. The number of nitrogens with zero attached hydrogens (tertiary/aromatic N) is 2. The quantitative estimate of drug-likeness (QED) is 0.252. The molecule has 2 aromatic carbocycles. The van der Waals surface area contributed by atoms with Gasteiger partial charge in [-0.25, -0.2) is 0 Å². The molecule has 0 saturated carbocycles. The Labute approximate surface area is 218 Å². The van der Waals surface area contributed by atoms with E-state index >= 15 is 0 Å². The van der Waals surface area contributed by atoms with Crippen LogP contribution in [0.2, 0.25) is 5.02 Å². The monoisotopic (exact) mass is 523 g/mol. The molecule has 5 rings (SSSR count). The van der Waals surface area contributed by atoms with Crippen molar-refractivity contribution in [2.45, 2.75) is 31.7 Å². The number of carbonyl (C=O) groups is 4. The molecule has 1 N–H and O–H groups in total. The second kappa shape index (κ2) is 10.6. The third kappa shape index (κ3) is 4.98. The Bertz CT molecular complexity index is 1240. The molecule has 3 aliphatic heterocycles. The molecule has 36 heavy (non-hydrogen) atoms. The van der Waals surface area contributed by atoms with Gasteiger partial charge < -0.3 is 10.2 Å². The molecule has 0 radical (unpaired) electrons. The highest BCUT2D eigenvalue weighted by Crippen LogP contribution is 2.37. The topological polar surface area (TPSA) is 86.8 Å². The number of hydrogen-bond acceptors (Lipinski definition) is 7. The Balaban J connectivity index is 1.19. The molecule has 0 unspecified atom stereocenters. The summed E-state index contributed by atoms with van der Waals surface area (Å²) in [6.45, 7) is 2.64. The van der Waals surface area contributed by atoms with E-state index in [2.05, 4.69) is 10.2 Å². The van der Waals surface area contributed by atoms with E-state index in [-0.39, 0.29) is 35.2 Å². The van der Waals surface area contributed by atoms with Crippen molar-refractivity contribution in [2.24, 2.45) is 0 Å². The summed E-state index contributed by atoms with van der Waals surface area (Å²) in [4.78, 5) is 52.9. The fraction of sp³-hybridized carbons (Fsp3) is 0.333. The van der Waals surface area contributed by atoms with Gasteiger partial charge in [0.1, 0.15) is 0 Å². The van der Waals surface area contributed by atoms with Crippen LogP contribution in [0.4, 0.5) is 5.69 Å². The van der Waals surface area contributed by atoms with E-state index in [4.69, 9.17) is 11.6 Å². The average molecular weight is 524 g/mol. The first-order chi connectivity index (χ1) is 17.4. The number of carbonyl (C=O) groups excluding carboxylic acids is 4. The molecular weight excluding hydrogens is 498 g/mol. The van der Waals surface area contributed by atoms with Gasteiger partial charge in [0.05, 0.1) is 33.2 Å². The first-order valence-electron chi connectivity index (χ1n) is 12.1. The van der Waals surface area contributed by atoms with E-state index < -0.39 is 0 Å². The summed E-state index contributed by atoms with van der Waals surface area (Å²) < 4.78 is 0. The van der Waals surface area contributed by atoms with Crippen molar-refractivity contribution in [1.29, 1.82) is 0 Å². The van der Waals surface area contributed by atoms with Crippen molar-refractivity contribution in [1.82, 2.24) is 10.2 Å². The summed E-state index contributed by atoms with van der Waals surface area (Å²) in [7, 11) is 0. The van der Waals surface area contributed by atoms with E-state index in [1.807, 2.05) is 18.2 Å². The van der Waals surface area contributed by atoms with Gasteiger partial charge >= 0.3 is 0 Å². The summed E-state index contributed by atoms with van der Waals surface area (Å²) in [6, 6.07) is 12.8. The highest BCUT2D eigenvalue weighted by molar-refractivity contribution is 8.18. The zero-order chi connectivity index (χ0) is 25.2. The number of Topliss-reactive ketones (excluding diaryl/α,β-unsaturated/α-hetero) is 1. The predicted molar refractivity (Wildman–Crippen MR) is 141 cm³/mol. The fourth-order valence-electron chi connectivity index (χ4n) is 5.00. The molecule has 2 amide bonds. The molecule has 186 valence electrons. The molecule has 2 aromatic rings. The van der Waals surface area contributed by atoms with Crippen molar-refractivity contribution < 1.29 is 19.2 Å². The minimum atomic E-state index is -0.222. The highest BCUT2D eigenvalue weighted by Gasteiger charge is 2.34. The maximum absolute atomic E-state index is 12.5. The van der Waals surface area contributed by atoms with Crippen LogP contribution in [0, 0.1) is 0 Å². The highest BCUT2D eigenvalue weighted by atomic mass is 35.5. The number of hydrogen-bond donors (Lipinski definition) is 1. The number of anilines is 1. The van der Waals surface area contributed by atoms with Crippen molar-refractivity contribution in [2.75, 3.05) is 31.1 Å². The number of nitrogens with one attached hydrogen (secondary N) is 1. The summed E-state index contributed by atoms with van der Waals surface area (Å²) in [6.07, 6.45) is 4.37. The molecular formula is C27H26ClN3O4S. The molecule has 0 aromatic heterocycles. The van der Waals surface area contributed by atoms with E-state index in [1.165, 1.54) is 4.90 Å². The number of amides is 2. The molecule has 7 nitrogen and oxygen atoms in total. The van der Waals surface area contributed by atoms with Gasteiger partial charge in [-0.05, 0) is 61.8 Å². The molecule has 2 fully saturated rings. The lowest BCUT2D eigenvalue weighted by atomic mass is 10.0. The molecule has 0 bridgehead atoms. The van der Waals surface area contributed by atoms with Gasteiger partial charge in [0, 0.05) is 31.2 Å². The normalized spacial score (nSPS) is 21.1. The van der Waals surface area contributed by atoms with E-state index in [0.717, 1.165) is 48.9 Å². The summed E-state index contributed by atoms with van der Waals surface area (Å²) in [5, 5.41) is 4.05. The summed E-state index contributed by atoms with van der Waals surface area (Å²) in [5.74, 6) is -0.590. The number of thioether (sulfide) groups is 1. The molecule has 2 saturated heterocycles. The number of imide groups is 1. The van der Waals surface area contributed by atoms with Gasteiger partial charge in [-0.3, -0.25) is 24.1 Å². The minimum Gasteiger partial charge on any atom is -0.368 e. The van der Waals surface area contributed by atoms with Crippen molar-refractivity contribution in [3.05, 3.63) is 69.1 Å². The molecule has 3 aliphatic rings. The second-order valence-electron chi connectivity index (χ2n) is 9.16. The van der Waals surface area contributed by atoms with Gasteiger partial charge in [-0.1, -0.05) is 35.9 Å². The lowest BCUT2D eigenvalue weighted by Gasteiger charge is -2.36. The Morgan fingerprint density at radius 1 is 1.03 bits per heavy atom. The van der Waals surface area contributed by atoms with Crippen LogP contribution in [0.25, 0.3) is 6.08 Å². The van der Waals surface area contributed by atoms with Crippen molar-refractivity contribution in [3.63, 3.8) is 0 Å². The third-order valence-electron chi connectivity index (χ3n) is 6.72. The zero-order valence-corrected chi connectivity index (χ0v) is 21.2. The van der Waals surface area contributed by atoms with Crippen LogP contribution >= 0.6 is 23.4 Å². The summed E-state index contributed by atoms with van der Waals surface area (Å²) in [5.41, 5.74) is 2.66. The van der Waals surface area contributed by atoms with Gasteiger partial charge in [-0.15, -0.1) is 0 Å². The maximum atomic E-state index is 12.5. The maximum Gasteiger partial charge on any atom is 0.261 e. The number of para-hydroxylation sites is 1. The Morgan fingerprint density at radius 3 is 2.47 bits per heavy atom. The molecule has 0 spiro atoms. The van der Waals surface area contributed by atoms with E-state index in [1.54, 1.807) is 30.3 Å². The minimum absolute atomic E-state index is 0.0528. The first kappa shape index (κ1) is 24.7. The molecule has 0 aliphatic carbocycles. The average Bonchev–Trinajstić information content (AvgIpc) is 3.31. The van der Waals surface area contributed by atoms with E-state index in [9.17, 15) is 19.2 Å².